The number of nitrogens with one attached hydrogen (secondary N) is 2. The molecule has 0 aromatic heterocycles. The minimum Gasteiger partial charge on any atom is -0.323 e. The van der Waals surface area contributed by atoms with Crippen LogP contribution >= 0.6 is 11.6 Å². The summed E-state index contributed by atoms with van der Waals surface area (Å²) in [5.74, 6) is -0.955. The summed E-state index contributed by atoms with van der Waals surface area (Å²) < 4.78 is 0. The van der Waals surface area contributed by atoms with Crippen molar-refractivity contribution in [1.29, 1.82) is 0 Å². The fraction of sp³-hybridized carbons (Fsp3) is 0.167. The number of nitrogens with zero attached hydrogens (tertiary/aromatic N) is 1. The van der Waals surface area contributed by atoms with Crippen molar-refractivity contribution in [3.05, 3.63) is 65.2 Å². The third-order valence-corrected chi connectivity index (χ3v) is 4.33. The molecule has 2 aromatic carbocycles. The monoisotopic (exact) mass is 357 g/mol. The molecule has 1 saturated heterocycles. The number of carbonyl (C=O) groups is 3. The SMILES string of the molecule is CC(C(=O)Nc1ccccc1Cl)N1C(=O)NC(c2ccccc2)C1=O. The molecule has 2 unspecified atom stereocenters. The van der Waals surface area contributed by atoms with Crippen LogP contribution in [0.1, 0.15) is 18.5 Å². The van der Waals surface area contributed by atoms with Crippen LogP contribution in [0.4, 0.5) is 10.5 Å². The standard InChI is InChI=1S/C18H16ClN3O3/c1-11(16(23)20-14-10-6-5-9-13(14)19)22-17(24)15(21-18(22)25)12-7-3-2-4-8-12/h2-11,15H,1H3,(H,20,23)(H,21,25). The summed E-state index contributed by atoms with van der Waals surface area (Å²) in [6.07, 6.45) is 0. The molecule has 1 fully saturated rings. The zero-order valence-corrected chi connectivity index (χ0v) is 14.2. The fourth-order valence-corrected chi connectivity index (χ4v) is 2.83. The van der Waals surface area contributed by atoms with Gasteiger partial charge in [0, 0.05) is 0 Å². The molecule has 25 heavy (non-hydrogen) atoms. The van der Waals surface area contributed by atoms with Crippen LogP contribution in [-0.2, 0) is 9.59 Å². The topological polar surface area (TPSA) is 78.5 Å². The first-order valence-electron chi connectivity index (χ1n) is 7.73. The number of para-hydroxylation sites is 1. The summed E-state index contributed by atoms with van der Waals surface area (Å²) in [6.45, 7) is 1.50. The normalized spacial score (nSPS) is 18.0. The minimum atomic E-state index is -0.975. The highest BCUT2D eigenvalue weighted by molar-refractivity contribution is 6.33. The molecule has 2 N–H and O–H groups in total. The van der Waals surface area contributed by atoms with E-state index in [2.05, 4.69) is 10.6 Å². The third kappa shape index (κ3) is 3.34. The molecule has 3 rings (SSSR count). The minimum absolute atomic E-state index is 0.377. The highest BCUT2D eigenvalue weighted by Gasteiger charge is 2.43. The first-order chi connectivity index (χ1) is 12.0. The number of hydrogen-bond donors (Lipinski definition) is 2. The van der Waals surface area contributed by atoms with Crippen molar-refractivity contribution in [1.82, 2.24) is 10.2 Å². The molecule has 0 saturated carbocycles. The lowest BCUT2D eigenvalue weighted by Gasteiger charge is -2.21. The Morgan fingerprint density at radius 1 is 1.12 bits per heavy atom. The van der Waals surface area contributed by atoms with E-state index in [1.165, 1.54) is 6.92 Å². The summed E-state index contributed by atoms with van der Waals surface area (Å²) in [6, 6.07) is 13.3. The van der Waals surface area contributed by atoms with Gasteiger partial charge in [-0.05, 0) is 24.6 Å². The maximum absolute atomic E-state index is 12.6. The van der Waals surface area contributed by atoms with E-state index in [0.29, 0.717) is 16.3 Å². The maximum Gasteiger partial charge on any atom is 0.325 e. The van der Waals surface area contributed by atoms with Crippen molar-refractivity contribution >= 4 is 35.1 Å². The molecule has 0 bridgehead atoms. The molecule has 2 atom stereocenters. The van der Waals surface area contributed by atoms with Gasteiger partial charge in [0.25, 0.3) is 5.91 Å². The summed E-state index contributed by atoms with van der Waals surface area (Å²) in [7, 11) is 0. The van der Waals surface area contributed by atoms with Crippen molar-refractivity contribution < 1.29 is 14.4 Å². The van der Waals surface area contributed by atoms with Gasteiger partial charge in [0.05, 0.1) is 10.7 Å². The van der Waals surface area contributed by atoms with E-state index in [0.717, 1.165) is 4.90 Å². The molecule has 0 spiro atoms. The van der Waals surface area contributed by atoms with Crippen LogP contribution in [0.3, 0.4) is 0 Å². The van der Waals surface area contributed by atoms with Crippen LogP contribution in [0, 0.1) is 0 Å². The number of anilines is 1. The molecule has 2 aromatic rings. The second-order valence-corrected chi connectivity index (χ2v) is 6.05. The Labute approximate surface area is 149 Å². The highest BCUT2D eigenvalue weighted by atomic mass is 35.5. The Morgan fingerprint density at radius 3 is 2.44 bits per heavy atom. The van der Waals surface area contributed by atoms with E-state index < -0.39 is 29.9 Å². The summed E-state index contributed by atoms with van der Waals surface area (Å²) in [5.41, 5.74) is 1.09. The van der Waals surface area contributed by atoms with E-state index in [-0.39, 0.29) is 0 Å². The van der Waals surface area contributed by atoms with Gasteiger partial charge < -0.3 is 10.6 Å². The largest absolute Gasteiger partial charge is 0.325 e. The molecule has 1 aliphatic heterocycles. The van der Waals surface area contributed by atoms with Crippen molar-refractivity contribution in [2.24, 2.45) is 0 Å². The van der Waals surface area contributed by atoms with Gasteiger partial charge in [0.2, 0.25) is 5.91 Å². The molecule has 0 radical (unpaired) electrons. The van der Waals surface area contributed by atoms with Crippen molar-refractivity contribution in [3.8, 4) is 0 Å². The highest BCUT2D eigenvalue weighted by Crippen LogP contribution is 2.25. The molecule has 128 valence electrons. The van der Waals surface area contributed by atoms with Crippen molar-refractivity contribution in [3.63, 3.8) is 0 Å². The molecule has 7 heteroatoms. The average molecular weight is 358 g/mol. The van der Waals surface area contributed by atoms with E-state index >= 15 is 0 Å². The van der Waals surface area contributed by atoms with Crippen molar-refractivity contribution in [2.45, 2.75) is 19.0 Å². The molecule has 0 aliphatic carbocycles. The van der Waals surface area contributed by atoms with Crippen LogP contribution in [0.2, 0.25) is 5.02 Å². The number of halogens is 1. The van der Waals surface area contributed by atoms with Gasteiger partial charge in [0.1, 0.15) is 12.1 Å². The Bertz CT molecular complexity index is 825. The summed E-state index contributed by atoms with van der Waals surface area (Å²) in [4.78, 5) is 38.2. The quantitative estimate of drug-likeness (QED) is 0.826. The van der Waals surface area contributed by atoms with Gasteiger partial charge in [-0.3, -0.25) is 9.59 Å². The Kier molecular flexibility index (Phi) is 4.72. The van der Waals surface area contributed by atoms with E-state index in [1.807, 2.05) is 6.07 Å². The number of amides is 4. The van der Waals surface area contributed by atoms with Crippen LogP contribution < -0.4 is 10.6 Å². The molecule has 6 nitrogen and oxygen atoms in total. The first kappa shape index (κ1) is 17.0. The number of benzene rings is 2. The van der Waals surface area contributed by atoms with Gasteiger partial charge in [-0.2, -0.15) is 0 Å². The van der Waals surface area contributed by atoms with Crippen LogP contribution in [-0.4, -0.2) is 28.8 Å². The second kappa shape index (κ2) is 6.94. The Morgan fingerprint density at radius 2 is 1.76 bits per heavy atom. The Balaban J connectivity index is 1.76. The lowest BCUT2D eigenvalue weighted by Crippen LogP contribution is -2.45. The third-order valence-electron chi connectivity index (χ3n) is 4.00. The molecular formula is C18H16ClN3O3. The summed E-state index contributed by atoms with van der Waals surface area (Å²) in [5, 5.41) is 5.63. The number of imide groups is 1. The number of carbonyl (C=O) groups excluding carboxylic acids is 3. The fourth-order valence-electron chi connectivity index (χ4n) is 2.65. The van der Waals surface area contributed by atoms with Crippen molar-refractivity contribution in [2.75, 3.05) is 5.32 Å². The predicted molar refractivity (Wildman–Crippen MR) is 94.1 cm³/mol. The maximum atomic E-state index is 12.6. The van der Waals surface area contributed by atoms with Crippen LogP contribution in [0.15, 0.2) is 54.6 Å². The van der Waals surface area contributed by atoms with Gasteiger partial charge in [-0.25, -0.2) is 9.69 Å². The zero-order chi connectivity index (χ0) is 18.0. The molecule has 1 aliphatic rings. The van der Waals surface area contributed by atoms with E-state index in [1.54, 1.807) is 48.5 Å². The predicted octanol–water partition coefficient (Wildman–Crippen LogP) is 2.96. The van der Waals surface area contributed by atoms with Gasteiger partial charge in [0.15, 0.2) is 0 Å². The Hall–Kier alpha value is -2.86. The van der Waals surface area contributed by atoms with Gasteiger partial charge in [-0.15, -0.1) is 0 Å². The van der Waals surface area contributed by atoms with E-state index in [4.69, 9.17) is 11.6 Å². The molecule has 1 heterocycles. The smallest absolute Gasteiger partial charge is 0.323 e. The average Bonchev–Trinajstić information content (AvgIpc) is 2.91. The molecular weight excluding hydrogens is 342 g/mol. The number of rotatable bonds is 4. The molecule has 4 amide bonds. The zero-order valence-electron chi connectivity index (χ0n) is 13.4. The lowest BCUT2D eigenvalue weighted by atomic mass is 10.1. The van der Waals surface area contributed by atoms with Gasteiger partial charge in [-0.1, -0.05) is 54.1 Å². The number of urea groups is 1. The first-order valence-corrected chi connectivity index (χ1v) is 8.10. The van der Waals surface area contributed by atoms with Crippen LogP contribution in [0.25, 0.3) is 0 Å². The van der Waals surface area contributed by atoms with E-state index in [9.17, 15) is 14.4 Å². The lowest BCUT2D eigenvalue weighted by molar-refractivity contribution is -0.133. The van der Waals surface area contributed by atoms with Crippen LogP contribution in [0.5, 0.6) is 0 Å². The second-order valence-electron chi connectivity index (χ2n) is 5.65. The summed E-state index contributed by atoms with van der Waals surface area (Å²) >= 11 is 6.02. The number of hydrogen-bond acceptors (Lipinski definition) is 3. The van der Waals surface area contributed by atoms with Gasteiger partial charge >= 0.3 is 6.03 Å².